The Morgan fingerprint density at radius 2 is 1.48 bits per heavy atom. The Morgan fingerprint density at radius 1 is 0.727 bits per heavy atom. The van der Waals surface area contributed by atoms with E-state index in [1.165, 1.54) is 5.69 Å². The standard InChI is InChI=1S/C27H22N4O2/c32-25-13-19-18-7-1-6-12-26(18)33-27(19)14-24(25)31-17-30(22-10-4-5-11-23(22)31)16-29-15-28-20-8-2-3-9-21(20)29/h1-14,28,32H,15-17H2. The van der Waals surface area contributed by atoms with E-state index < -0.39 is 0 Å². The van der Waals surface area contributed by atoms with Crippen LogP contribution in [0.5, 0.6) is 5.75 Å². The monoisotopic (exact) mass is 434 g/mol. The maximum Gasteiger partial charge on any atom is 0.140 e. The molecule has 0 fully saturated rings. The van der Waals surface area contributed by atoms with Crippen LogP contribution in [0.25, 0.3) is 21.9 Å². The van der Waals surface area contributed by atoms with Gasteiger partial charge in [-0.1, -0.05) is 42.5 Å². The van der Waals surface area contributed by atoms with Crippen molar-refractivity contribution in [3.63, 3.8) is 0 Å². The molecule has 33 heavy (non-hydrogen) atoms. The molecule has 4 aromatic carbocycles. The number of nitrogens with one attached hydrogen (secondary N) is 1. The Labute approximate surface area is 190 Å². The number of hydrogen-bond donors (Lipinski definition) is 2. The van der Waals surface area contributed by atoms with Crippen LogP contribution < -0.4 is 20.0 Å². The number of fused-ring (bicyclic) bond motifs is 5. The van der Waals surface area contributed by atoms with E-state index >= 15 is 0 Å². The van der Waals surface area contributed by atoms with Crippen LogP contribution in [0.15, 0.2) is 89.3 Å². The highest BCUT2D eigenvalue weighted by atomic mass is 16.3. The fourth-order valence-electron chi connectivity index (χ4n) is 5.07. The van der Waals surface area contributed by atoms with Crippen LogP contribution in [-0.4, -0.2) is 25.1 Å². The minimum absolute atomic E-state index is 0.249. The first-order chi connectivity index (χ1) is 16.3. The van der Waals surface area contributed by atoms with Crippen LogP contribution >= 0.6 is 0 Å². The van der Waals surface area contributed by atoms with Crippen molar-refractivity contribution < 1.29 is 9.52 Å². The molecule has 0 spiro atoms. The molecule has 0 saturated heterocycles. The molecule has 6 nitrogen and oxygen atoms in total. The van der Waals surface area contributed by atoms with Gasteiger partial charge in [0, 0.05) is 16.8 Å². The van der Waals surface area contributed by atoms with E-state index in [1.807, 2.05) is 42.5 Å². The van der Waals surface area contributed by atoms with Crippen molar-refractivity contribution in [2.75, 3.05) is 40.0 Å². The van der Waals surface area contributed by atoms with Gasteiger partial charge in [0.2, 0.25) is 0 Å². The van der Waals surface area contributed by atoms with Crippen molar-refractivity contribution in [3.8, 4) is 5.75 Å². The van der Waals surface area contributed by atoms with Gasteiger partial charge in [-0.15, -0.1) is 0 Å². The molecule has 0 atom stereocenters. The second-order valence-electron chi connectivity index (χ2n) is 8.57. The molecule has 2 aliphatic heterocycles. The van der Waals surface area contributed by atoms with Crippen LogP contribution in [0.3, 0.4) is 0 Å². The Balaban J connectivity index is 1.28. The second kappa shape index (κ2) is 6.84. The normalized spacial score (nSPS) is 14.7. The molecule has 6 heteroatoms. The summed E-state index contributed by atoms with van der Waals surface area (Å²) in [5, 5.41) is 16.5. The Bertz CT molecular complexity index is 1530. The number of benzene rings is 4. The first kappa shape index (κ1) is 18.3. The smallest absolute Gasteiger partial charge is 0.140 e. The van der Waals surface area contributed by atoms with Gasteiger partial charge in [-0.25, -0.2) is 0 Å². The van der Waals surface area contributed by atoms with Gasteiger partial charge in [0.05, 0.1) is 48.4 Å². The number of anilines is 5. The maximum absolute atomic E-state index is 11.1. The molecule has 0 saturated carbocycles. The molecule has 0 aliphatic carbocycles. The van der Waals surface area contributed by atoms with Gasteiger partial charge in [-0.2, -0.15) is 0 Å². The zero-order valence-electron chi connectivity index (χ0n) is 17.9. The van der Waals surface area contributed by atoms with Gasteiger partial charge < -0.3 is 29.5 Å². The first-order valence-corrected chi connectivity index (χ1v) is 11.1. The molecule has 5 aromatic rings. The number of furan rings is 1. The summed E-state index contributed by atoms with van der Waals surface area (Å²) in [6, 6.07) is 28.4. The first-order valence-electron chi connectivity index (χ1n) is 11.1. The number of phenolic OH excluding ortho intramolecular Hbond substituents is 1. The molecule has 162 valence electrons. The topological polar surface area (TPSA) is 55.1 Å². The predicted molar refractivity (Wildman–Crippen MR) is 134 cm³/mol. The summed E-state index contributed by atoms with van der Waals surface area (Å²) in [4.78, 5) is 6.83. The summed E-state index contributed by atoms with van der Waals surface area (Å²) >= 11 is 0. The summed E-state index contributed by atoms with van der Waals surface area (Å²) < 4.78 is 6.10. The lowest BCUT2D eigenvalue weighted by Crippen LogP contribution is -2.39. The number of rotatable bonds is 3. The van der Waals surface area contributed by atoms with Crippen molar-refractivity contribution in [1.29, 1.82) is 0 Å². The minimum Gasteiger partial charge on any atom is -0.506 e. The van der Waals surface area contributed by atoms with Crippen molar-refractivity contribution in [2.45, 2.75) is 0 Å². The number of phenols is 1. The zero-order chi connectivity index (χ0) is 21.9. The third kappa shape index (κ3) is 2.74. The number of hydrogen-bond acceptors (Lipinski definition) is 6. The van der Waals surface area contributed by atoms with Crippen molar-refractivity contribution in [3.05, 3.63) is 84.9 Å². The van der Waals surface area contributed by atoms with E-state index in [0.717, 1.165) is 58.0 Å². The Kier molecular flexibility index (Phi) is 3.79. The third-order valence-corrected chi connectivity index (χ3v) is 6.64. The van der Waals surface area contributed by atoms with Gasteiger partial charge in [-0.05, 0) is 36.4 Å². The lowest BCUT2D eigenvalue weighted by Gasteiger charge is -2.28. The maximum atomic E-state index is 11.1. The highest BCUT2D eigenvalue weighted by molar-refractivity contribution is 6.07. The highest BCUT2D eigenvalue weighted by Gasteiger charge is 2.31. The van der Waals surface area contributed by atoms with E-state index in [1.54, 1.807) is 0 Å². The molecule has 0 bridgehead atoms. The molecule has 0 amide bonds. The van der Waals surface area contributed by atoms with Crippen molar-refractivity contribution in [2.24, 2.45) is 0 Å². The van der Waals surface area contributed by atoms with Gasteiger partial charge in [-0.3, -0.25) is 0 Å². The molecule has 0 unspecified atom stereocenters. The van der Waals surface area contributed by atoms with Gasteiger partial charge >= 0.3 is 0 Å². The Hall–Kier alpha value is -4.32. The van der Waals surface area contributed by atoms with Crippen LogP contribution in [0.4, 0.5) is 28.4 Å². The van der Waals surface area contributed by atoms with Crippen LogP contribution in [-0.2, 0) is 0 Å². The summed E-state index contributed by atoms with van der Waals surface area (Å²) in [5.41, 5.74) is 6.94. The molecule has 2 aliphatic rings. The van der Waals surface area contributed by atoms with E-state index in [4.69, 9.17) is 4.42 Å². The van der Waals surface area contributed by atoms with Crippen molar-refractivity contribution >= 4 is 50.4 Å². The molecule has 2 N–H and O–H groups in total. The predicted octanol–water partition coefficient (Wildman–Crippen LogP) is 6.05. The lowest BCUT2D eigenvalue weighted by atomic mass is 10.1. The molecular weight excluding hydrogens is 412 g/mol. The van der Waals surface area contributed by atoms with Crippen LogP contribution in [0, 0.1) is 0 Å². The third-order valence-electron chi connectivity index (χ3n) is 6.64. The van der Waals surface area contributed by atoms with Gasteiger partial charge in [0.25, 0.3) is 0 Å². The van der Waals surface area contributed by atoms with Gasteiger partial charge in [0.15, 0.2) is 0 Å². The highest BCUT2D eigenvalue weighted by Crippen LogP contribution is 2.46. The lowest BCUT2D eigenvalue weighted by molar-refractivity contribution is 0.476. The van der Waals surface area contributed by atoms with Gasteiger partial charge in [0.1, 0.15) is 16.9 Å². The average Bonchev–Trinajstić information content (AvgIpc) is 3.53. The molecular formula is C27H22N4O2. The molecule has 0 radical (unpaired) electrons. The summed E-state index contributed by atoms with van der Waals surface area (Å²) in [5.74, 6) is 0.249. The van der Waals surface area contributed by atoms with E-state index in [9.17, 15) is 5.11 Å². The minimum atomic E-state index is 0.249. The van der Waals surface area contributed by atoms with E-state index in [-0.39, 0.29) is 5.75 Å². The average molecular weight is 434 g/mol. The SMILES string of the molecule is Oc1cc2c(cc1N1CN(CN3CNc4ccccc43)c3ccccc31)oc1ccccc12. The summed E-state index contributed by atoms with van der Waals surface area (Å²) in [6.07, 6.45) is 0. The fourth-order valence-corrected chi connectivity index (χ4v) is 5.07. The number of nitrogens with zero attached hydrogens (tertiary/aromatic N) is 3. The molecule has 3 heterocycles. The largest absolute Gasteiger partial charge is 0.506 e. The summed E-state index contributed by atoms with van der Waals surface area (Å²) in [6.45, 7) is 2.15. The number of para-hydroxylation sites is 5. The zero-order valence-corrected chi connectivity index (χ0v) is 17.9. The summed E-state index contributed by atoms with van der Waals surface area (Å²) in [7, 11) is 0. The fraction of sp³-hybridized carbons (Fsp3) is 0.111. The quantitative estimate of drug-likeness (QED) is 0.360. The second-order valence-corrected chi connectivity index (χ2v) is 8.57. The van der Waals surface area contributed by atoms with Crippen LogP contribution in [0.1, 0.15) is 0 Å². The number of aromatic hydroxyl groups is 1. The van der Waals surface area contributed by atoms with Crippen LogP contribution in [0.2, 0.25) is 0 Å². The molecule has 1 aromatic heterocycles. The van der Waals surface area contributed by atoms with E-state index in [2.05, 4.69) is 62.5 Å². The molecule has 7 rings (SSSR count). The Morgan fingerprint density at radius 3 is 2.39 bits per heavy atom. The van der Waals surface area contributed by atoms with E-state index in [0.29, 0.717) is 6.67 Å². The van der Waals surface area contributed by atoms with Crippen molar-refractivity contribution in [1.82, 2.24) is 0 Å².